The molecule has 0 amide bonds. The summed E-state index contributed by atoms with van der Waals surface area (Å²) in [4.78, 5) is 31.4. The van der Waals surface area contributed by atoms with E-state index in [1.165, 1.54) is 0 Å². The minimum Gasteiger partial charge on any atom is -0.394 e. The Balaban J connectivity index is 1.38. The van der Waals surface area contributed by atoms with E-state index in [1.807, 2.05) is 0 Å². The quantitative estimate of drug-likeness (QED) is 0.116. The zero-order valence-electron chi connectivity index (χ0n) is 19.9. The molecule has 10 N–H and O–H groups in total. The number of alkyl halides is 1. The average molecular weight is 621 g/mol. The number of phosphoric acid groups is 2. The van der Waals surface area contributed by atoms with Gasteiger partial charge in [-0.1, -0.05) is 0 Å². The van der Waals surface area contributed by atoms with Gasteiger partial charge in [-0.3, -0.25) is 13.6 Å². The fourth-order valence-electron chi connectivity index (χ4n) is 3.98. The number of anilines is 1. The van der Waals surface area contributed by atoms with Crippen LogP contribution in [0.1, 0.15) is 6.23 Å². The summed E-state index contributed by atoms with van der Waals surface area (Å²) < 4.78 is 64.0. The lowest BCUT2D eigenvalue weighted by atomic mass is 9.96. The van der Waals surface area contributed by atoms with E-state index < -0.39 is 90.3 Å². The van der Waals surface area contributed by atoms with E-state index in [2.05, 4.69) is 28.3 Å². The molecule has 0 aromatic carbocycles. The number of fused-ring (bicyclic) bond motifs is 1. The predicted molar refractivity (Wildman–Crippen MR) is 122 cm³/mol. The van der Waals surface area contributed by atoms with Gasteiger partial charge in [-0.2, -0.15) is 4.31 Å². The van der Waals surface area contributed by atoms with Crippen LogP contribution in [0.3, 0.4) is 0 Å². The van der Waals surface area contributed by atoms with Crippen LogP contribution < -0.4 is 5.73 Å². The Morgan fingerprint density at radius 1 is 1.05 bits per heavy atom. The van der Waals surface area contributed by atoms with Crippen LogP contribution in [0.5, 0.6) is 0 Å². The highest BCUT2D eigenvalue weighted by Gasteiger charge is 2.51. The number of phosphoric ester groups is 2. The molecule has 4 rings (SSSR count). The number of nitrogens with zero attached hydrogens (tertiary/aromatic N) is 4. The Bertz CT molecular complexity index is 1290. The maximum Gasteiger partial charge on any atom is 0.483 e. The van der Waals surface area contributed by atoms with Crippen molar-refractivity contribution in [2.24, 2.45) is 0 Å². The van der Waals surface area contributed by atoms with Crippen LogP contribution in [0.15, 0.2) is 12.7 Å². The van der Waals surface area contributed by atoms with Gasteiger partial charge in [0.15, 0.2) is 30.2 Å². The highest BCUT2D eigenvalue weighted by Crippen LogP contribution is 2.61. The number of aliphatic hydroxyl groups is 6. The van der Waals surface area contributed by atoms with E-state index in [4.69, 9.17) is 20.3 Å². The van der Waals surface area contributed by atoms with Crippen molar-refractivity contribution in [2.45, 2.75) is 61.4 Å². The smallest absolute Gasteiger partial charge is 0.394 e. The van der Waals surface area contributed by atoms with Gasteiger partial charge < -0.3 is 55.6 Å². The van der Waals surface area contributed by atoms with Gasteiger partial charge in [0, 0.05) is 0 Å². The first kappa shape index (κ1) is 31.2. The number of aliphatic hydroxyl groups excluding tert-OH is 6. The first-order valence-corrected chi connectivity index (χ1v) is 14.2. The standard InChI is InChI=1S/C17H26FN5O15P2/c18-7-9(26)6(35-16(7)23-4-22-8-14(19)20-3-21-15(8)23)2-34-39(30,31)38-40(32,33)37-17-12(29)10(27)11(28)13(36-17)5(25)1-24/h3-7,9-13,16-17,24-29H,1-2H2,(H,30,31)(H,32,33)(H2,19,20,21)/t5-,6-,7?,9?,10?,11+,12?,13?,16-,17+/m1/s1. The first-order chi connectivity index (χ1) is 18.7. The highest BCUT2D eigenvalue weighted by molar-refractivity contribution is 7.61. The molecule has 20 nitrogen and oxygen atoms in total. The molecule has 2 aliphatic heterocycles. The van der Waals surface area contributed by atoms with Crippen molar-refractivity contribution >= 4 is 32.6 Å². The minimum atomic E-state index is -5.68. The van der Waals surface area contributed by atoms with Crippen molar-refractivity contribution in [3.63, 3.8) is 0 Å². The highest BCUT2D eigenvalue weighted by atomic mass is 31.3. The van der Waals surface area contributed by atoms with Crippen molar-refractivity contribution < 1.29 is 76.8 Å². The second kappa shape index (κ2) is 11.8. The molecule has 4 heterocycles. The van der Waals surface area contributed by atoms with E-state index in [0.717, 1.165) is 17.2 Å². The zero-order valence-corrected chi connectivity index (χ0v) is 21.7. The number of hydrogen-bond acceptors (Lipinski definition) is 17. The van der Waals surface area contributed by atoms with Crippen LogP contribution in [-0.4, -0.2) is 128 Å². The van der Waals surface area contributed by atoms with Crippen LogP contribution in [0.4, 0.5) is 10.2 Å². The normalized spacial score (nSPS) is 36.8. The monoisotopic (exact) mass is 621 g/mol. The Morgan fingerprint density at radius 3 is 2.42 bits per heavy atom. The third-order valence-corrected chi connectivity index (χ3v) is 8.57. The number of hydrogen-bond donors (Lipinski definition) is 9. The first-order valence-electron chi connectivity index (χ1n) is 11.2. The molecule has 0 radical (unpaired) electrons. The molecule has 23 heteroatoms. The van der Waals surface area contributed by atoms with Gasteiger partial charge in [0.2, 0.25) is 0 Å². The Hall–Kier alpha value is -1.78. The predicted octanol–water partition coefficient (Wildman–Crippen LogP) is -3.58. The van der Waals surface area contributed by atoms with E-state index in [1.54, 1.807) is 0 Å². The summed E-state index contributed by atoms with van der Waals surface area (Å²) in [5.41, 5.74) is 5.86. The second-order valence-corrected chi connectivity index (χ2v) is 11.7. The van der Waals surface area contributed by atoms with Crippen LogP contribution in [-0.2, 0) is 32.0 Å². The number of nitrogens with two attached hydrogens (primary N) is 1. The van der Waals surface area contributed by atoms with Crippen LogP contribution in [0.2, 0.25) is 0 Å². The number of halogens is 1. The maximum absolute atomic E-state index is 14.9. The van der Waals surface area contributed by atoms with Gasteiger partial charge in [0.05, 0.1) is 19.5 Å². The zero-order chi connectivity index (χ0) is 29.6. The molecule has 7 unspecified atom stereocenters. The summed E-state index contributed by atoms with van der Waals surface area (Å²) in [6.45, 7) is -2.04. The summed E-state index contributed by atoms with van der Waals surface area (Å²) in [5.74, 6) is -0.0106. The molecule has 12 atom stereocenters. The molecule has 0 saturated carbocycles. The summed E-state index contributed by atoms with van der Waals surface area (Å²) in [6, 6.07) is 0. The third-order valence-electron chi connectivity index (χ3n) is 5.97. The average Bonchev–Trinajstić information content (AvgIpc) is 3.43. The number of imidazole rings is 1. The van der Waals surface area contributed by atoms with Gasteiger partial charge in [-0.15, -0.1) is 0 Å². The molecule has 0 bridgehead atoms. The Labute approximate surface area is 222 Å². The second-order valence-electron chi connectivity index (χ2n) is 8.69. The molecule has 0 aliphatic carbocycles. The summed E-state index contributed by atoms with van der Waals surface area (Å²) in [7, 11) is -11.2. The fraction of sp³-hybridized carbons (Fsp3) is 0.706. The summed E-state index contributed by atoms with van der Waals surface area (Å²) in [6.07, 6.45) is -17.3. The largest absolute Gasteiger partial charge is 0.483 e. The lowest BCUT2D eigenvalue weighted by Crippen LogP contribution is -2.61. The molecule has 2 saturated heterocycles. The number of nitrogen functional groups attached to an aromatic ring is 1. The van der Waals surface area contributed by atoms with Crippen LogP contribution in [0.25, 0.3) is 11.2 Å². The molecular weight excluding hydrogens is 595 g/mol. The van der Waals surface area contributed by atoms with Crippen molar-refractivity contribution in [1.29, 1.82) is 0 Å². The number of ether oxygens (including phenoxy) is 2. The van der Waals surface area contributed by atoms with Gasteiger partial charge in [0.1, 0.15) is 54.6 Å². The van der Waals surface area contributed by atoms with Gasteiger partial charge in [-0.25, -0.2) is 28.5 Å². The third kappa shape index (κ3) is 6.33. The van der Waals surface area contributed by atoms with E-state index in [0.29, 0.717) is 0 Å². The molecule has 0 spiro atoms. The lowest BCUT2D eigenvalue weighted by Gasteiger charge is -2.41. The number of rotatable bonds is 10. The molecule has 226 valence electrons. The fourth-order valence-corrected chi connectivity index (χ4v) is 6.13. The number of aromatic nitrogens is 4. The van der Waals surface area contributed by atoms with E-state index >= 15 is 0 Å². The Kier molecular flexibility index (Phi) is 9.22. The van der Waals surface area contributed by atoms with Gasteiger partial charge >= 0.3 is 15.6 Å². The minimum absolute atomic E-state index is 0.0106. The lowest BCUT2D eigenvalue weighted by molar-refractivity contribution is -0.292. The van der Waals surface area contributed by atoms with Crippen molar-refractivity contribution in [2.75, 3.05) is 18.9 Å². The molecule has 2 aromatic rings. The van der Waals surface area contributed by atoms with Crippen molar-refractivity contribution in [1.82, 2.24) is 19.5 Å². The Morgan fingerprint density at radius 2 is 1.75 bits per heavy atom. The molecule has 2 fully saturated rings. The van der Waals surface area contributed by atoms with Crippen molar-refractivity contribution in [3.8, 4) is 0 Å². The van der Waals surface area contributed by atoms with Crippen molar-refractivity contribution in [3.05, 3.63) is 12.7 Å². The molecular formula is C17H26FN5O15P2. The molecule has 40 heavy (non-hydrogen) atoms. The maximum atomic E-state index is 14.9. The topological polar surface area (TPSA) is 312 Å². The van der Waals surface area contributed by atoms with Crippen LogP contribution >= 0.6 is 15.6 Å². The van der Waals surface area contributed by atoms with Crippen LogP contribution in [0, 0.1) is 0 Å². The van der Waals surface area contributed by atoms with Gasteiger partial charge in [-0.05, 0) is 0 Å². The van der Waals surface area contributed by atoms with E-state index in [9.17, 15) is 48.8 Å². The summed E-state index contributed by atoms with van der Waals surface area (Å²) in [5, 5.41) is 58.7. The molecule has 2 aliphatic rings. The SMILES string of the molecule is Nc1ncnc2c1ncn2[C@@H]1O[C@H](COP(=O)(O)OP(=O)(O)O[C@@H]2OC([C@H](O)CO)[C@@H](O)C(O)C2O)C(O)C1F. The summed E-state index contributed by atoms with van der Waals surface area (Å²) >= 11 is 0. The van der Waals surface area contributed by atoms with E-state index in [-0.39, 0.29) is 17.0 Å². The van der Waals surface area contributed by atoms with Gasteiger partial charge in [0.25, 0.3) is 0 Å². The molecule has 2 aromatic heterocycles.